The van der Waals surface area contributed by atoms with E-state index < -0.39 is 5.54 Å². The zero-order valence-electron chi connectivity index (χ0n) is 7.35. The van der Waals surface area contributed by atoms with Crippen molar-refractivity contribution < 1.29 is 9.59 Å². The maximum Gasteiger partial charge on any atom is 0.246 e. The summed E-state index contributed by atoms with van der Waals surface area (Å²) >= 11 is 0. The van der Waals surface area contributed by atoms with Gasteiger partial charge in [-0.1, -0.05) is 0 Å². The van der Waals surface area contributed by atoms with Crippen LogP contribution in [-0.2, 0) is 9.59 Å². The van der Waals surface area contributed by atoms with Gasteiger partial charge in [-0.2, -0.15) is 0 Å². The molecule has 0 saturated carbocycles. The van der Waals surface area contributed by atoms with Crippen molar-refractivity contribution >= 4 is 11.8 Å². The molecule has 0 aromatic carbocycles. The Kier molecular flexibility index (Phi) is 1.95. The molecule has 0 bridgehead atoms. The number of hydrogen-bond donors (Lipinski definition) is 3. The third-order valence-electron chi connectivity index (χ3n) is 2.68. The van der Waals surface area contributed by atoms with Gasteiger partial charge in [0.1, 0.15) is 5.54 Å². The number of nitrogens with one attached hydrogen (secondary N) is 3. The molecule has 2 rings (SSSR count). The molecule has 0 aromatic rings. The number of piperidine rings is 1. The van der Waals surface area contributed by atoms with Gasteiger partial charge in [-0.15, -0.1) is 0 Å². The third-order valence-corrected chi connectivity index (χ3v) is 2.68. The van der Waals surface area contributed by atoms with Crippen LogP contribution in [0.2, 0.25) is 0 Å². The summed E-state index contributed by atoms with van der Waals surface area (Å²) in [4.78, 5) is 22.7. The number of hydrogen-bond acceptors (Lipinski definition) is 3. The first-order valence-electron chi connectivity index (χ1n) is 4.53. The molecule has 2 aliphatic rings. The van der Waals surface area contributed by atoms with E-state index in [1.807, 2.05) is 0 Å². The van der Waals surface area contributed by atoms with E-state index in [9.17, 15) is 9.59 Å². The largest absolute Gasteiger partial charge is 0.345 e. The van der Waals surface area contributed by atoms with Crippen LogP contribution >= 0.6 is 0 Å². The van der Waals surface area contributed by atoms with Crippen molar-refractivity contribution in [1.82, 2.24) is 16.0 Å². The fourth-order valence-electron chi connectivity index (χ4n) is 1.90. The van der Waals surface area contributed by atoms with Crippen LogP contribution in [0.15, 0.2) is 0 Å². The summed E-state index contributed by atoms with van der Waals surface area (Å²) in [6.45, 7) is 1.69. The average Bonchev–Trinajstić information content (AvgIpc) is 2.14. The average molecular weight is 183 g/mol. The molecule has 0 unspecified atom stereocenters. The van der Waals surface area contributed by atoms with E-state index in [2.05, 4.69) is 16.0 Å². The van der Waals surface area contributed by atoms with E-state index in [0.29, 0.717) is 12.8 Å². The van der Waals surface area contributed by atoms with Gasteiger partial charge in [0.05, 0.1) is 6.54 Å². The van der Waals surface area contributed by atoms with Crippen molar-refractivity contribution in [2.24, 2.45) is 0 Å². The number of rotatable bonds is 0. The summed E-state index contributed by atoms with van der Waals surface area (Å²) in [5, 5.41) is 8.56. The summed E-state index contributed by atoms with van der Waals surface area (Å²) in [7, 11) is 0. The highest BCUT2D eigenvalue weighted by Crippen LogP contribution is 2.20. The molecule has 0 aromatic heterocycles. The lowest BCUT2D eigenvalue weighted by Crippen LogP contribution is -2.68. The van der Waals surface area contributed by atoms with Crippen molar-refractivity contribution in [3.63, 3.8) is 0 Å². The Bertz CT molecular complexity index is 246. The van der Waals surface area contributed by atoms with E-state index in [-0.39, 0.29) is 18.4 Å². The van der Waals surface area contributed by atoms with Gasteiger partial charge in [0, 0.05) is 0 Å². The Morgan fingerprint density at radius 3 is 2.54 bits per heavy atom. The molecule has 1 spiro atoms. The summed E-state index contributed by atoms with van der Waals surface area (Å²) in [5.41, 5.74) is -0.624. The summed E-state index contributed by atoms with van der Waals surface area (Å²) in [5.74, 6) is -0.116. The Morgan fingerprint density at radius 1 is 1.15 bits per heavy atom. The highest BCUT2D eigenvalue weighted by Gasteiger charge is 2.43. The zero-order valence-corrected chi connectivity index (χ0v) is 7.35. The molecule has 2 heterocycles. The summed E-state index contributed by atoms with van der Waals surface area (Å²) < 4.78 is 0. The van der Waals surface area contributed by atoms with E-state index in [4.69, 9.17) is 0 Å². The predicted octanol–water partition coefficient (Wildman–Crippen LogP) is -1.65. The van der Waals surface area contributed by atoms with E-state index in [0.717, 1.165) is 13.1 Å². The fraction of sp³-hybridized carbons (Fsp3) is 0.750. The second kappa shape index (κ2) is 2.99. The Morgan fingerprint density at radius 2 is 1.85 bits per heavy atom. The van der Waals surface area contributed by atoms with Gasteiger partial charge in [0.15, 0.2) is 0 Å². The standard InChI is InChI=1S/C8H13N3O2/c12-6-5-10-7(13)8(11-6)1-3-9-4-2-8/h9H,1-5H2,(H,10,13)(H,11,12). The van der Waals surface area contributed by atoms with Crippen LogP contribution < -0.4 is 16.0 Å². The van der Waals surface area contributed by atoms with Crippen molar-refractivity contribution in [3.8, 4) is 0 Å². The second-order valence-electron chi connectivity index (χ2n) is 3.56. The normalized spacial score (nSPS) is 26.8. The summed E-state index contributed by atoms with van der Waals surface area (Å²) in [6, 6.07) is 0. The smallest absolute Gasteiger partial charge is 0.246 e. The molecule has 2 saturated heterocycles. The van der Waals surface area contributed by atoms with Crippen LogP contribution in [0.5, 0.6) is 0 Å². The molecular formula is C8H13N3O2. The van der Waals surface area contributed by atoms with Crippen LogP contribution in [0.25, 0.3) is 0 Å². The molecule has 5 nitrogen and oxygen atoms in total. The quantitative estimate of drug-likeness (QED) is 0.421. The predicted molar refractivity (Wildman–Crippen MR) is 46.0 cm³/mol. The highest BCUT2D eigenvalue weighted by molar-refractivity contribution is 5.98. The van der Waals surface area contributed by atoms with E-state index in [1.165, 1.54) is 0 Å². The first-order chi connectivity index (χ1) is 6.23. The Labute approximate surface area is 76.3 Å². The van der Waals surface area contributed by atoms with Gasteiger partial charge < -0.3 is 16.0 Å². The molecule has 2 amide bonds. The Hall–Kier alpha value is -1.10. The van der Waals surface area contributed by atoms with Gasteiger partial charge in [-0.25, -0.2) is 0 Å². The van der Waals surface area contributed by atoms with Gasteiger partial charge in [0.25, 0.3) is 0 Å². The van der Waals surface area contributed by atoms with Gasteiger partial charge in [-0.05, 0) is 25.9 Å². The Balaban J connectivity index is 2.16. The SMILES string of the molecule is O=C1CNC(=O)C2(CCNCC2)N1. The van der Waals surface area contributed by atoms with Crippen molar-refractivity contribution in [2.75, 3.05) is 19.6 Å². The monoisotopic (exact) mass is 183 g/mol. The van der Waals surface area contributed by atoms with Gasteiger partial charge >= 0.3 is 0 Å². The molecule has 3 N–H and O–H groups in total. The minimum Gasteiger partial charge on any atom is -0.345 e. The third kappa shape index (κ3) is 1.39. The number of piperazine rings is 1. The lowest BCUT2D eigenvalue weighted by Gasteiger charge is -2.39. The first-order valence-corrected chi connectivity index (χ1v) is 4.53. The minimum absolute atomic E-state index is 0.0337. The van der Waals surface area contributed by atoms with E-state index in [1.54, 1.807) is 0 Å². The lowest BCUT2D eigenvalue weighted by atomic mass is 9.86. The zero-order chi connectivity index (χ0) is 9.31. The van der Waals surface area contributed by atoms with Gasteiger partial charge in [-0.3, -0.25) is 9.59 Å². The molecule has 0 atom stereocenters. The van der Waals surface area contributed by atoms with Crippen molar-refractivity contribution in [3.05, 3.63) is 0 Å². The molecule has 0 radical (unpaired) electrons. The topological polar surface area (TPSA) is 70.2 Å². The maximum atomic E-state index is 11.6. The molecule has 2 aliphatic heterocycles. The fourth-order valence-corrected chi connectivity index (χ4v) is 1.90. The number of carbonyl (C=O) groups excluding carboxylic acids is 2. The minimum atomic E-state index is -0.624. The molecule has 72 valence electrons. The number of amides is 2. The second-order valence-corrected chi connectivity index (χ2v) is 3.56. The van der Waals surface area contributed by atoms with Crippen LogP contribution in [0.3, 0.4) is 0 Å². The summed E-state index contributed by atoms with van der Waals surface area (Å²) in [6.07, 6.45) is 1.37. The van der Waals surface area contributed by atoms with E-state index >= 15 is 0 Å². The molecular weight excluding hydrogens is 170 g/mol. The number of carbonyl (C=O) groups is 2. The molecule has 5 heteroatoms. The molecule has 13 heavy (non-hydrogen) atoms. The van der Waals surface area contributed by atoms with Crippen molar-refractivity contribution in [1.29, 1.82) is 0 Å². The molecule has 2 fully saturated rings. The molecule has 0 aliphatic carbocycles. The van der Waals surface area contributed by atoms with Crippen LogP contribution in [0, 0.1) is 0 Å². The first kappa shape index (κ1) is 8.50. The van der Waals surface area contributed by atoms with Crippen molar-refractivity contribution in [2.45, 2.75) is 18.4 Å². The highest BCUT2D eigenvalue weighted by atomic mass is 16.2. The van der Waals surface area contributed by atoms with Crippen LogP contribution in [-0.4, -0.2) is 37.0 Å². The van der Waals surface area contributed by atoms with Crippen LogP contribution in [0.4, 0.5) is 0 Å². The van der Waals surface area contributed by atoms with Crippen LogP contribution in [0.1, 0.15) is 12.8 Å². The lowest BCUT2D eigenvalue weighted by molar-refractivity contribution is -0.139. The van der Waals surface area contributed by atoms with Gasteiger partial charge in [0.2, 0.25) is 11.8 Å². The maximum absolute atomic E-state index is 11.6.